The maximum atomic E-state index is 6.07. The molecule has 2 aromatic rings. The van der Waals surface area contributed by atoms with Gasteiger partial charge in [-0.25, -0.2) is 9.97 Å². The second-order valence-electron chi connectivity index (χ2n) is 5.01. The maximum Gasteiger partial charge on any atom is 0.159 e. The molecule has 17 heavy (non-hydrogen) atoms. The zero-order valence-corrected chi connectivity index (χ0v) is 11.0. The molecule has 0 unspecified atom stereocenters. The van der Waals surface area contributed by atoms with Gasteiger partial charge in [-0.1, -0.05) is 32.4 Å². The third kappa shape index (κ3) is 2.64. The van der Waals surface area contributed by atoms with Gasteiger partial charge in [-0.15, -0.1) is 0 Å². The first-order valence-corrected chi connectivity index (χ1v) is 5.94. The summed E-state index contributed by atoms with van der Waals surface area (Å²) in [5.74, 6) is 0.745. The molecular formula is C14H15ClN2. The second kappa shape index (κ2) is 4.46. The highest BCUT2D eigenvalue weighted by Gasteiger charge is 2.20. The van der Waals surface area contributed by atoms with Gasteiger partial charge in [-0.3, -0.25) is 0 Å². The topological polar surface area (TPSA) is 25.8 Å². The summed E-state index contributed by atoms with van der Waals surface area (Å²) in [5.41, 5.74) is 2.22. The van der Waals surface area contributed by atoms with E-state index in [2.05, 4.69) is 30.7 Å². The number of benzene rings is 1. The quantitative estimate of drug-likeness (QED) is 0.757. The summed E-state index contributed by atoms with van der Waals surface area (Å²) < 4.78 is 0. The number of hydrogen-bond acceptors (Lipinski definition) is 2. The van der Waals surface area contributed by atoms with Crippen molar-refractivity contribution in [2.45, 2.75) is 26.2 Å². The van der Waals surface area contributed by atoms with Gasteiger partial charge in [0.25, 0.3) is 0 Å². The van der Waals surface area contributed by atoms with Crippen LogP contribution in [0.15, 0.2) is 36.7 Å². The lowest BCUT2D eigenvalue weighted by molar-refractivity contribution is 0.591. The van der Waals surface area contributed by atoms with E-state index in [1.807, 2.05) is 24.3 Å². The summed E-state index contributed by atoms with van der Waals surface area (Å²) in [6, 6.07) is 7.67. The zero-order valence-electron chi connectivity index (χ0n) is 10.2. The van der Waals surface area contributed by atoms with E-state index in [-0.39, 0.29) is 5.41 Å². The second-order valence-corrected chi connectivity index (χ2v) is 5.45. The Morgan fingerprint density at radius 3 is 2.29 bits per heavy atom. The minimum atomic E-state index is 0.0133. The van der Waals surface area contributed by atoms with Crippen LogP contribution in [0.5, 0.6) is 0 Å². The van der Waals surface area contributed by atoms with Crippen LogP contribution in [-0.4, -0.2) is 9.97 Å². The summed E-state index contributed by atoms with van der Waals surface area (Å²) >= 11 is 6.07. The SMILES string of the molecule is CC(C)(C)c1cc(Cl)ccc1-c1ncccn1. The van der Waals surface area contributed by atoms with Crippen LogP contribution in [0, 0.1) is 0 Å². The highest BCUT2D eigenvalue weighted by molar-refractivity contribution is 6.30. The van der Waals surface area contributed by atoms with Gasteiger partial charge < -0.3 is 0 Å². The highest BCUT2D eigenvalue weighted by atomic mass is 35.5. The normalized spacial score (nSPS) is 11.5. The van der Waals surface area contributed by atoms with E-state index in [4.69, 9.17) is 11.6 Å². The molecule has 88 valence electrons. The first-order chi connectivity index (χ1) is 7.98. The largest absolute Gasteiger partial charge is 0.237 e. The minimum Gasteiger partial charge on any atom is -0.237 e. The Kier molecular flexibility index (Phi) is 3.16. The summed E-state index contributed by atoms with van der Waals surface area (Å²) in [7, 11) is 0. The van der Waals surface area contributed by atoms with Crippen LogP contribution in [0.3, 0.4) is 0 Å². The molecule has 0 aliphatic heterocycles. The molecule has 1 aromatic heterocycles. The summed E-state index contributed by atoms with van der Waals surface area (Å²) in [6.07, 6.45) is 3.51. The van der Waals surface area contributed by atoms with Crippen molar-refractivity contribution in [2.75, 3.05) is 0 Å². The van der Waals surface area contributed by atoms with E-state index >= 15 is 0 Å². The van der Waals surface area contributed by atoms with E-state index in [1.165, 1.54) is 0 Å². The van der Waals surface area contributed by atoms with Crippen LogP contribution in [-0.2, 0) is 5.41 Å². The van der Waals surface area contributed by atoms with Gasteiger partial charge in [0.2, 0.25) is 0 Å². The number of hydrogen-bond donors (Lipinski definition) is 0. The third-order valence-corrected chi connectivity index (χ3v) is 2.83. The molecule has 0 N–H and O–H groups in total. The Labute approximate surface area is 107 Å². The minimum absolute atomic E-state index is 0.0133. The lowest BCUT2D eigenvalue weighted by Crippen LogP contribution is -2.13. The van der Waals surface area contributed by atoms with Gasteiger partial charge in [-0.2, -0.15) is 0 Å². The van der Waals surface area contributed by atoms with Gasteiger partial charge in [0, 0.05) is 23.0 Å². The van der Waals surface area contributed by atoms with E-state index in [9.17, 15) is 0 Å². The van der Waals surface area contributed by atoms with Crippen LogP contribution >= 0.6 is 11.6 Å². The predicted molar refractivity (Wildman–Crippen MR) is 71.2 cm³/mol. The van der Waals surface area contributed by atoms with Crippen molar-refractivity contribution < 1.29 is 0 Å². The standard InChI is InChI=1S/C14H15ClN2/c1-14(2,3)12-9-10(15)5-6-11(12)13-16-7-4-8-17-13/h4-9H,1-3H3. The molecule has 0 atom stereocenters. The van der Waals surface area contributed by atoms with Crippen molar-refractivity contribution in [1.29, 1.82) is 0 Å². The Bertz CT molecular complexity index is 515. The first-order valence-electron chi connectivity index (χ1n) is 5.56. The molecule has 0 saturated heterocycles. The van der Waals surface area contributed by atoms with Gasteiger partial charge in [0.15, 0.2) is 5.82 Å². The molecule has 0 spiro atoms. The average Bonchev–Trinajstić information content (AvgIpc) is 2.29. The van der Waals surface area contributed by atoms with Gasteiger partial charge in [-0.05, 0) is 35.2 Å². The van der Waals surface area contributed by atoms with Crippen LogP contribution in [0.4, 0.5) is 0 Å². The number of halogens is 1. The van der Waals surface area contributed by atoms with Crippen LogP contribution in [0.25, 0.3) is 11.4 Å². The zero-order chi connectivity index (χ0) is 12.5. The molecule has 1 aromatic carbocycles. The Hall–Kier alpha value is -1.41. The molecule has 0 aliphatic carbocycles. The number of aromatic nitrogens is 2. The lowest BCUT2D eigenvalue weighted by atomic mass is 9.83. The summed E-state index contributed by atoms with van der Waals surface area (Å²) in [6.45, 7) is 6.47. The molecule has 3 heteroatoms. The highest BCUT2D eigenvalue weighted by Crippen LogP contribution is 2.33. The van der Waals surface area contributed by atoms with E-state index in [0.29, 0.717) is 0 Å². The van der Waals surface area contributed by atoms with Crippen molar-refractivity contribution in [2.24, 2.45) is 0 Å². The third-order valence-electron chi connectivity index (χ3n) is 2.60. The number of nitrogens with zero attached hydrogens (tertiary/aromatic N) is 2. The smallest absolute Gasteiger partial charge is 0.159 e. The monoisotopic (exact) mass is 246 g/mol. The van der Waals surface area contributed by atoms with Crippen LogP contribution < -0.4 is 0 Å². The van der Waals surface area contributed by atoms with E-state index in [1.54, 1.807) is 12.4 Å². The van der Waals surface area contributed by atoms with Gasteiger partial charge in [0.1, 0.15) is 0 Å². The Balaban J connectivity index is 2.63. The fraction of sp³-hybridized carbons (Fsp3) is 0.286. The molecule has 0 bridgehead atoms. The molecular weight excluding hydrogens is 232 g/mol. The molecule has 1 heterocycles. The first kappa shape index (κ1) is 12.1. The fourth-order valence-electron chi connectivity index (χ4n) is 1.77. The maximum absolute atomic E-state index is 6.07. The van der Waals surface area contributed by atoms with Crippen molar-refractivity contribution in [1.82, 2.24) is 9.97 Å². The molecule has 2 rings (SSSR count). The van der Waals surface area contributed by atoms with Crippen molar-refractivity contribution in [3.8, 4) is 11.4 Å². The number of rotatable bonds is 1. The van der Waals surface area contributed by atoms with E-state index in [0.717, 1.165) is 22.0 Å². The van der Waals surface area contributed by atoms with Crippen molar-refractivity contribution >= 4 is 11.6 Å². The van der Waals surface area contributed by atoms with Gasteiger partial charge >= 0.3 is 0 Å². The molecule has 0 radical (unpaired) electrons. The Morgan fingerprint density at radius 1 is 1.06 bits per heavy atom. The fourth-order valence-corrected chi connectivity index (χ4v) is 1.94. The van der Waals surface area contributed by atoms with Crippen molar-refractivity contribution in [3.63, 3.8) is 0 Å². The molecule has 0 amide bonds. The molecule has 0 fully saturated rings. The lowest BCUT2D eigenvalue weighted by Gasteiger charge is -2.22. The molecule has 0 aliphatic rings. The molecule has 0 saturated carbocycles. The summed E-state index contributed by atoms with van der Waals surface area (Å²) in [5, 5.41) is 0.745. The molecule has 2 nitrogen and oxygen atoms in total. The van der Waals surface area contributed by atoms with Crippen LogP contribution in [0.2, 0.25) is 5.02 Å². The Morgan fingerprint density at radius 2 is 1.71 bits per heavy atom. The van der Waals surface area contributed by atoms with Gasteiger partial charge in [0.05, 0.1) is 0 Å². The predicted octanol–water partition coefficient (Wildman–Crippen LogP) is 4.09. The van der Waals surface area contributed by atoms with E-state index < -0.39 is 0 Å². The average molecular weight is 247 g/mol. The van der Waals surface area contributed by atoms with Crippen molar-refractivity contribution in [3.05, 3.63) is 47.2 Å². The van der Waals surface area contributed by atoms with Crippen LogP contribution in [0.1, 0.15) is 26.3 Å². The summed E-state index contributed by atoms with van der Waals surface area (Å²) in [4.78, 5) is 8.60.